The van der Waals surface area contributed by atoms with Gasteiger partial charge in [0.2, 0.25) is 0 Å². The third-order valence-corrected chi connectivity index (χ3v) is 3.25. The van der Waals surface area contributed by atoms with Gasteiger partial charge >= 0.3 is 0 Å². The van der Waals surface area contributed by atoms with Crippen LogP contribution in [0.2, 0.25) is 0 Å². The quantitative estimate of drug-likeness (QED) is 0.588. The normalized spacial score (nSPS) is 10.7. The van der Waals surface area contributed by atoms with Gasteiger partial charge in [0, 0.05) is 26.2 Å². The number of ether oxygens (including phenoxy) is 3. The molecule has 0 radical (unpaired) electrons. The molecule has 0 bridgehead atoms. The average molecular weight is 341 g/mol. The molecule has 0 heterocycles. The van der Waals surface area contributed by atoms with Crippen LogP contribution in [-0.2, 0) is 11.3 Å². The Morgan fingerprint density at radius 3 is 2.42 bits per heavy atom. The second kappa shape index (κ2) is 8.44. The van der Waals surface area contributed by atoms with Crippen molar-refractivity contribution < 1.29 is 27.4 Å². The highest BCUT2D eigenvalue weighted by atomic mass is 19.2. The summed E-state index contributed by atoms with van der Waals surface area (Å²) in [4.78, 5) is 0. The van der Waals surface area contributed by atoms with Gasteiger partial charge in [0.25, 0.3) is 0 Å². The molecule has 2 aromatic rings. The summed E-state index contributed by atoms with van der Waals surface area (Å²) in [5.74, 6) is -2.21. The highest BCUT2D eigenvalue weighted by Gasteiger charge is 2.16. The third-order valence-electron chi connectivity index (χ3n) is 3.25. The summed E-state index contributed by atoms with van der Waals surface area (Å²) in [6.45, 7) is 0.494. The second-order valence-corrected chi connectivity index (χ2v) is 5.00. The standard InChI is InChI=1S/C17H18F3NO3/c1-22-7-2-8-23-16-6-5-14(19)17(20)12(16)10-24-11-3-4-13(18)15(21)9-11/h3-6,9H,2,7-8,10,21H2,1H3. The molecule has 7 heteroatoms. The number of nitrogen functional groups attached to an aromatic ring is 1. The average Bonchev–Trinajstić information content (AvgIpc) is 2.57. The van der Waals surface area contributed by atoms with Crippen molar-refractivity contribution in [2.75, 3.05) is 26.1 Å². The van der Waals surface area contributed by atoms with Gasteiger partial charge in [-0.15, -0.1) is 0 Å². The molecule has 0 spiro atoms. The zero-order valence-electron chi connectivity index (χ0n) is 13.2. The van der Waals surface area contributed by atoms with Crippen LogP contribution in [0, 0.1) is 17.5 Å². The summed E-state index contributed by atoms with van der Waals surface area (Å²) in [5, 5.41) is 0. The largest absolute Gasteiger partial charge is 0.493 e. The number of anilines is 1. The molecule has 2 aromatic carbocycles. The molecule has 4 nitrogen and oxygen atoms in total. The predicted octanol–water partition coefficient (Wildman–Crippen LogP) is 3.68. The minimum absolute atomic E-state index is 0.0599. The summed E-state index contributed by atoms with van der Waals surface area (Å²) in [6, 6.07) is 6.08. The van der Waals surface area contributed by atoms with E-state index in [4.69, 9.17) is 19.9 Å². The van der Waals surface area contributed by atoms with E-state index in [1.54, 1.807) is 7.11 Å². The molecule has 2 rings (SSSR count). The van der Waals surface area contributed by atoms with Gasteiger partial charge in [-0.2, -0.15) is 0 Å². The number of halogens is 3. The van der Waals surface area contributed by atoms with Gasteiger partial charge in [0.05, 0.1) is 17.9 Å². The molecular weight excluding hydrogens is 323 g/mol. The van der Waals surface area contributed by atoms with Gasteiger partial charge in [-0.1, -0.05) is 0 Å². The van der Waals surface area contributed by atoms with Crippen molar-refractivity contribution in [3.05, 3.63) is 53.3 Å². The zero-order chi connectivity index (χ0) is 17.5. The van der Waals surface area contributed by atoms with Crippen LogP contribution >= 0.6 is 0 Å². The Morgan fingerprint density at radius 2 is 1.71 bits per heavy atom. The lowest BCUT2D eigenvalue weighted by molar-refractivity contribution is 0.170. The van der Waals surface area contributed by atoms with E-state index in [9.17, 15) is 13.2 Å². The molecule has 0 amide bonds. The van der Waals surface area contributed by atoms with Crippen molar-refractivity contribution in [3.63, 3.8) is 0 Å². The Bertz CT molecular complexity index is 695. The van der Waals surface area contributed by atoms with E-state index in [1.807, 2.05) is 0 Å². The highest BCUT2D eigenvalue weighted by molar-refractivity contribution is 5.45. The molecule has 0 aliphatic heterocycles. The number of nitrogens with two attached hydrogens (primary N) is 1. The van der Waals surface area contributed by atoms with Crippen molar-refractivity contribution in [3.8, 4) is 11.5 Å². The zero-order valence-corrected chi connectivity index (χ0v) is 13.2. The molecule has 0 unspecified atom stereocenters. The van der Waals surface area contributed by atoms with E-state index in [0.717, 1.165) is 12.1 Å². The predicted molar refractivity (Wildman–Crippen MR) is 83.5 cm³/mol. The minimum atomic E-state index is -1.05. The summed E-state index contributed by atoms with van der Waals surface area (Å²) in [7, 11) is 1.56. The van der Waals surface area contributed by atoms with Crippen LogP contribution < -0.4 is 15.2 Å². The first kappa shape index (κ1) is 17.9. The van der Waals surface area contributed by atoms with E-state index < -0.39 is 17.5 Å². The Hall–Kier alpha value is -2.41. The molecule has 24 heavy (non-hydrogen) atoms. The summed E-state index contributed by atoms with van der Waals surface area (Å²) < 4.78 is 56.4. The van der Waals surface area contributed by atoms with Gasteiger partial charge in [-0.05, 0) is 24.3 Å². The maximum absolute atomic E-state index is 14.0. The molecule has 0 aromatic heterocycles. The lowest BCUT2D eigenvalue weighted by Gasteiger charge is -2.14. The summed E-state index contributed by atoms with van der Waals surface area (Å²) in [5.41, 5.74) is 5.29. The van der Waals surface area contributed by atoms with Crippen LogP contribution in [0.1, 0.15) is 12.0 Å². The highest BCUT2D eigenvalue weighted by Crippen LogP contribution is 2.27. The summed E-state index contributed by atoms with van der Waals surface area (Å²) in [6.07, 6.45) is 0.601. The van der Waals surface area contributed by atoms with E-state index in [0.29, 0.717) is 13.0 Å². The number of rotatable bonds is 8. The van der Waals surface area contributed by atoms with Crippen molar-refractivity contribution in [2.24, 2.45) is 0 Å². The van der Waals surface area contributed by atoms with Crippen molar-refractivity contribution in [1.82, 2.24) is 0 Å². The molecule has 0 saturated carbocycles. The maximum atomic E-state index is 14.0. The Balaban J connectivity index is 2.11. The fourth-order valence-electron chi connectivity index (χ4n) is 2.00. The second-order valence-electron chi connectivity index (χ2n) is 5.00. The SMILES string of the molecule is COCCCOc1ccc(F)c(F)c1COc1ccc(F)c(N)c1. The minimum Gasteiger partial charge on any atom is -0.493 e. The fraction of sp³-hybridized carbons (Fsp3) is 0.294. The van der Waals surface area contributed by atoms with E-state index in [1.165, 1.54) is 18.2 Å². The first-order valence-electron chi connectivity index (χ1n) is 7.29. The van der Waals surface area contributed by atoms with Crippen molar-refractivity contribution in [2.45, 2.75) is 13.0 Å². The van der Waals surface area contributed by atoms with Crippen LogP contribution in [0.15, 0.2) is 30.3 Å². The molecule has 0 saturated heterocycles. The van der Waals surface area contributed by atoms with Crippen LogP contribution in [0.3, 0.4) is 0 Å². The molecular formula is C17H18F3NO3. The van der Waals surface area contributed by atoms with Crippen molar-refractivity contribution >= 4 is 5.69 Å². The molecule has 130 valence electrons. The number of methoxy groups -OCH3 is 1. The molecule has 0 aliphatic carbocycles. The fourth-order valence-corrected chi connectivity index (χ4v) is 2.00. The molecule has 0 fully saturated rings. The van der Waals surface area contributed by atoms with Crippen LogP contribution in [-0.4, -0.2) is 20.3 Å². The van der Waals surface area contributed by atoms with Crippen LogP contribution in [0.25, 0.3) is 0 Å². The van der Waals surface area contributed by atoms with Gasteiger partial charge in [-0.25, -0.2) is 13.2 Å². The van der Waals surface area contributed by atoms with Gasteiger partial charge in [0.1, 0.15) is 23.9 Å². The van der Waals surface area contributed by atoms with Gasteiger partial charge < -0.3 is 19.9 Å². The van der Waals surface area contributed by atoms with E-state index in [-0.39, 0.29) is 36.0 Å². The van der Waals surface area contributed by atoms with Crippen LogP contribution in [0.4, 0.5) is 18.9 Å². The van der Waals surface area contributed by atoms with E-state index in [2.05, 4.69) is 0 Å². The molecule has 0 atom stereocenters. The number of hydrogen-bond donors (Lipinski definition) is 1. The first-order valence-corrected chi connectivity index (χ1v) is 7.29. The lowest BCUT2D eigenvalue weighted by atomic mass is 10.2. The number of benzene rings is 2. The Kier molecular flexibility index (Phi) is 6.31. The maximum Gasteiger partial charge on any atom is 0.169 e. The molecule has 0 aliphatic rings. The number of hydrogen-bond acceptors (Lipinski definition) is 4. The molecule has 2 N–H and O–H groups in total. The smallest absolute Gasteiger partial charge is 0.169 e. The Morgan fingerprint density at radius 1 is 0.958 bits per heavy atom. The lowest BCUT2D eigenvalue weighted by Crippen LogP contribution is -2.08. The Labute approximate surface area is 137 Å². The summed E-state index contributed by atoms with van der Waals surface area (Å²) >= 11 is 0. The topological polar surface area (TPSA) is 53.7 Å². The monoisotopic (exact) mass is 341 g/mol. The van der Waals surface area contributed by atoms with Gasteiger partial charge in [0.15, 0.2) is 11.6 Å². The van der Waals surface area contributed by atoms with Gasteiger partial charge in [-0.3, -0.25) is 0 Å². The van der Waals surface area contributed by atoms with E-state index >= 15 is 0 Å². The first-order chi connectivity index (χ1) is 11.5. The van der Waals surface area contributed by atoms with Crippen LogP contribution in [0.5, 0.6) is 11.5 Å². The third kappa shape index (κ3) is 4.55. The van der Waals surface area contributed by atoms with Crippen molar-refractivity contribution in [1.29, 1.82) is 0 Å².